The molecule has 0 bridgehead atoms. The molecule has 0 aliphatic heterocycles. The number of methoxy groups -OCH3 is 1. The van der Waals surface area contributed by atoms with Crippen molar-refractivity contribution in [1.29, 1.82) is 0 Å². The number of carbonyl (C=O) groups is 1. The third kappa shape index (κ3) is 3.07. The number of fused-ring (bicyclic) bond motifs is 1. The summed E-state index contributed by atoms with van der Waals surface area (Å²) in [5.74, 6) is 0.593. The average molecular weight is 315 g/mol. The third-order valence-corrected chi connectivity index (χ3v) is 3.65. The number of nitrogens with one attached hydrogen (secondary N) is 2. The highest BCUT2D eigenvalue weighted by Gasteiger charge is 2.09. The summed E-state index contributed by atoms with van der Waals surface area (Å²) in [4.78, 5) is 15.3. The van der Waals surface area contributed by atoms with Crippen LogP contribution in [0.1, 0.15) is 16.1 Å². The normalized spacial score (nSPS) is 10.6. The van der Waals surface area contributed by atoms with Gasteiger partial charge in [0.05, 0.1) is 7.11 Å². The number of aromatic nitrogens is 1. The van der Waals surface area contributed by atoms with E-state index in [0.717, 1.165) is 22.2 Å². The first-order valence-electron chi connectivity index (χ1n) is 6.85. The maximum Gasteiger partial charge on any atom is 0.267 e. The van der Waals surface area contributed by atoms with Crippen molar-refractivity contribution in [1.82, 2.24) is 10.3 Å². The highest BCUT2D eigenvalue weighted by Crippen LogP contribution is 2.21. The monoisotopic (exact) mass is 314 g/mol. The fraction of sp³-hybridized carbons (Fsp3) is 0.118. The summed E-state index contributed by atoms with van der Waals surface area (Å²) in [6.07, 6.45) is 0. The predicted molar refractivity (Wildman–Crippen MR) is 87.5 cm³/mol. The van der Waals surface area contributed by atoms with Crippen molar-refractivity contribution in [2.24, 2.45) is 0 Å². The maximum absolute atomic E-state index is 12.2. The summed E-state index contributed by atoms with van der Waals surface area (Å²) in [5, 5.41) is 4.50. The highest BCUT2D eigenvalue weighted by molar-refractivity contribution is 6.30. The van der Waals surface area contributed by atoms with Crippen LogP contribution in [-0.2, 0) is 6.54 Å². The van der Waals surface area contributed by atoms with Crippen LogP contribution in [-0.4, -0.2) is 18.0 Å². The van der Waals surface area contributed by atoms with Gasteiger partial charge in [0.15, 0.2) is 0 Å². The highest BCUT2D eigenvalue weighted by atomic mass is 35.5. The van der Waals surface area contributed by atoms with Gasteiger partial charge in [-0.3, -0.25) is 4.79 Å². The Kier molecular flexibility index (Phi) is 4.02. The molecular weight excluding hydrogens is 300 g/mol. The zero-order chi connectivity index (χ0) is 15.5. The van der Waals surface area contributed by atoms with E-state index in [2.05, 4.69) is 10.3 Å². The minimum absolute atomic E-state index is 0.157. The van der Waals surface area contributed by atoms with E-state index >= 15 is 0 Å². The number of ether oxygens (including phenoxy) is 1. The predicted octanol–water partition coefficient (Wildman–Crippen LogP) is 3.76. The Labute approximate surface area is 133 Å². The number of benzene rings is 2. The SMILES string of the molecule is COc1ccc2cc(C(=O)NCc3cccc(Cl)c3)[nH]c2c1. The standard InChI is InChI=1S/C17H15ClN2O2/c1-22-14-6-5-12-8-16(20-15(12)9-14)17(21)19-10-11-3-2-4-13(18)7-11/h2-9,20H,10H2,1H3,(H,19,21). The minimum Gasteiger partial charge on any atom is -0.497 e. The van der Waals surface area contributed by atoms with Crippen LogP contribution < -0.4 is 10.1 Å². The molecule has 0 spiro atoms. The molecule has 0 atom stereocenters. The molecule has 0 aliphatic rings. The number of halogens is 1. The van der Waals surface area contributed by atoms with Gasteiger partial charge in [-0.25, -0.2) is 0 Å². The lowest BCUT2D eigenvalue weighted by molar-refractivity contribution is 0.0947. The smallest absolute Gasteiger partial charge is 0.267 e. The van der Waals surface area contributed by atoms with Crippen molar-refractivity contribution in [3.8, 4) is 5.75 Å². The molecule has 2 N–H and O–H groups in total. The number of H-pyrrole nitrogens is 1. The number of amides is 1. The van der Waals surface area contributed by atoms with Gasteiger partial charge in [0.1, 0.15) is 11.4 Å². The molecule has 0 fully saturated rings. The molecule has 3 aromatic rings. The number of hydrogen-bond acceptors (Lipinski definition) is 2. The van der Waals surface area contributed by atoms with Gasteiger partial charge in [-0.2, -0.15) is 0 Å². The Morgan fingerprint density at radius 1 is 1.23 bits per heavy atom. The summed E-state index contributed by atoms with van der Waals surface area (Å²) in [5.41, 5.74) is 2.34. The van der Waals surface area contributed by atoms with Crippen LogP contribution in [0.5, 0.6) is 5.75 Å². The number of carbonyl (C=O) groups excluding carboxylic acids is 1. The van der Waals surface area contributed by atoms with Crippen molar-refractivity contribution in [3.05, 3.63) is 64.8 Å². The Hall–Kier alpha value is -2.46. The molecule has 4 nitrogen and oxygen atoms in total. The van der Waals surface area contributed by atoms with E-state index in [4.69, 9.17) is 16.3 Å². The quantitative estimate of drug-likeness (QED) is 0.770. The van der Waals surface area contributed by atoms with Crippen LogP contribution >= 0.6 is 11.6 Å². The Balaban J connectivity index is 1.74. The van der Waals surface area contributed by atoms with E-state index in [1.165, 1.54) is 0 Å². The molecule has 0 radical (unpaired) electrons. The number of aromatic amines is 1. The van der Waals surface area contributed by atoms with Gasteiger partial charge < -0.3 is 15.0 Å². The first-order chi connectivity index (χ1) is 10.7. The van der Waals surface area contributed by atoms with Gasteiger partial charge in [-0.05, 0) is 35.9 Å². The summed E-state index contributed by atoms with van der Waals surface area (Å²) in [6, 6.07) is 14.9. The molecule has 112 valence electrons. The molecule has 1 amide bonds. The molecule has 2 aromatic carbocycles. The van der Waals surface area contributed by atoms with Crippen molar-refractivity contribution < 1.29 is 9.53 Å². The zero-order valence-corrected chi connectivity index (χ0v) is 12.8. The second kappa shape index (κ2) is 6.12. The summed E-state index contributed by atoms with van der Waals surface area (Å²) in [7, 11) is 1.61. The zero-order valence-electron chi connectivity index (χ0n) is 12.0. The third-order valence-electron chi connectivity index (χ3n) is 3.42. The van der Waals surface area contributed by atoms with Gasteiger partial charge in [0.2, 0.25) is 0 Å². The van der Waals surface area contributed by atoms with Gasteiger partial charge >= 0.3 is 0 Å². The average Bonchev–Trinajstić information content (AvgIpc) is 2.95. The fourth-order valence-corrected chi connectivity index (χ4v) is 2.49. The Bertz CT molecular complexity index is 826. The summed E-state index contributed by atoms with van der Waals surface area (Å²) >= 11 is 5.93. The summed E-state index contributed by atoms with van der Waals surface area (Å²) < 4.78 is 5.18. The summed E-state index contributed by atoms with van der Waals surface area (Å²) in [6.45, 7) is 0.429. The van der Waals surface area contributed by atoms with Crippen LogP contribution in [0.25, 0.3) is 10.9 Å². The molecule has 0 saturated carbocycles. The largest absolute Gasteiger partial charge is 0.497 e. The lowest BCUT2D eigenvalue weighted by Gasteiger charge is -2.04. The molecule has 5 heteroatoms. The van der Waals surface area contributed by atoms with Crippen molar-refractivity contribution in [2.75, 3.05) is 7.11 Å². The van der Waals surface area contributed by atoms with E-state index in [0.29, 0.717) is 17.3 Å². The van der Waals surface area contributed by atoms with Crippen LogP contribution in [0.3, 0.4) is 0 Å². The molecule has 0 unspecified atom stereocenters. The van der Waals surface area contributed by atoms with Crippen LogP contribution in [0.2, 0.25) is 5.02 Å². The van der Waals surface area contributed by atoms with Gasteiger partial charge in [-0.15, -0.1) is 0 Å². The van der Waals surface area contributed by atoms with Crippen LogP contribution in [0.4, 0.5) is 0 Å². The minimum atomic E-state index is -0.157. The lowest BCUT2D eigenvalue weighted by Crippen LogP contribution is -2.23. The van der Waals surface area contributed by atoms with Crippen molar-refractivity contribution in [3.63, 3.8) is 0 Å². The first kappa shape index (κ1) is 14.5. The van der Waals surface area contributed by atoms with Crippen LogP contribution in [0.15, 0.2) is 48.5 Å². The molecule has 22 heavy (non-hydrogen) atoms. The van der Waals surface area contributed by atoms with E-state index in [1.54, 1.807) is 13.2 Å². The second-order valence-electron chi connectivity index (χ2n) is 4.95. The number of hydrogen-bond donors (Lipinski definition) is 2. The fourth-order valence-electron chi connectivity index (χ4n) is 2.28. The van der Waals surface area contributed by atoms with E-state index in [9.17, 15) is 4.79 Å². The van der Waals surface area contributed by atoms with Crippen molar-refractivity contribution in [2.45, 2.75) is 6.54 Å². The van der Waals surface area contributed by atoms with Gasteiger partial charge in [-0.1, -0.05) is 23.7 Å². The molecule has 1 heterocycles. The van der Waals surface area contributed by atoms with Gasteiger partial charge in [0, 0.05) is 28.5 Å². The molecular formula is C17H15ClN2O2. The molecule has 1 aromatic heterocycles. The Morgan fingerprint density at radius 2 is 2.09 bits per heavy atom. The lowest BCUT2D eigenvalue weighted by atomic mass is 10.2. The maximum atomic E-state index is 12.2. The molecule has 0 saturated heterocycles. The second-order valence-corrected chi connectivity index (χ2v) is 5.39. The Morgan fingerprint density at radius 3 is 2.86 bits per heavy atom. The first-order valence-corrected chi connectivity index (χ1v) is 7.23. The molecule has 0 aliphatic carbocycles. The van der Waals surface area contributed by atoms with Crippen LogP contribution in [0, 0.1) is 0 Å². The van der Waals surface area contributed by atoms with E-state index in [1.807, 2.05) is 42.5 Å². The van der Waals surface area contributed by atoms with E-state index < -0.39 is 0 Å². The van der Waals surface area contributed by atoms with E-state index in [-0.39, 0.29) is 5.91 Å². The van der Waals surface area contributed by atoms with Gasteiger partial charge in [0.25, 0.3) is 5.91 Å². The number of rotatable bonds is 4. The molecule has 3 rings (SSSR count). The topological polar surface area (TPSA) is 54.1 Å². The van der Waals surface area contributed by atoms with Crippen molar-refractivity contribution >= 4 is 28.4 Å².